The van der Waals surface area contributed by atoms with Crippen molar-refractivity contribution in [1.82, 2.24) is 14.9 Å². The van der Waals surface area contributed by atoms with Crippen LogP contribution in [0.1, 0.15) is 24.1 Å². The minimum absolute atomic E-state index is 0.124. The summed E-state index contributed by atoms with van der Waals surface area (Å²) in [6.07, 6.45) is 0. The van der Waals surface area contributed by atoms with Crippen LogP contribution in [0, 0.1) is 6.92 Å². The van der Waals surface area contributed by atoms with Crippen LogP contribution in [-0.2, 0) is 11.8 Å². The number of halogens is 2. The molecule has 0 aliphatic carbocycles. The Labute approximate surface area is 177 Å². The molecule has 1 amide bonds. The van der Waals surface area contributed by atoms with E-state index in [0.717, 1.165) is 11.1 Å². The molecular formula is C20H19Cl2N3O2S. The first-order valence-electron chi connectivity index (χ1n) is 8.60. The normalized spacial score (nSPS) is 12.2. The molecule has 5 nitrogen and oxygen atoms in total. The van der Waals surface area contributed by atoms with Gasteiger partial charge in [0, 0.05) is 7.05 Å². The van der Waals surface area contributed by atoms with Crippen molar-refractivity contribution in [2.75, 3.05) is 5.75 Å². The van der Waals surface area contributed by atoms with Crippen LogP contribution in [0.15, 0.2) is 46.3 Å². The quantitative estimate of drug-likeness (QED) is 0.472. The summed E-state index contributed by atoms with van der Waals surface area (Å²) in [6, 6.07) is 10.6. The van der Waals surface area contributed by atoms with Gasteiger partial charge in [-0.25, -0.2) is 4.98 Å². The Balaban J connectivity index is 1.70. The molecule has 3 aromatic rings. The second-order valence-electron chi connectivity index (χ2n) is 6.53. The number of thioether (sulfide) groups is 1. The lowest BCUT2D eigenvalue weighted by atomic mass is 10.1. The van der Waals surface area contributed by atoms with E-state index in [1.54, 1.807) is 19.2 Å². The van der Waals surface area contributed by atoms with Gasteiger partial charge in [-0.2, -0.15) is 0 Å². The van der Waals surface area contributed by atoms with E-state index in [2.05, 4.69) is 10.3 Å². The van der Waals surface area contributed by atoms with Crippen LogP contribution in [0.25, 0.3) is 10.9 Å². The molecule has 0 saturated carbocycles. The lowest BCUT2D eigenvalue weighted by Gasteiger charge is -2.15. The maximum Gasteiger partial charge on any atom is 0.261 e. The zero-order chi connectivity index (χ0) is 20.4. The molecule has 8 heteroatoms. The molecule has 1 heterocycles. The molecule has 146 valence electrons. The van der Waals surface area contributed by atoms with E-state index >= 15 is 0 Å². The van der Waals surface area contributed by atoms with Gasteiger partial charge in [-0.15, -0.1) is 0 Å². The standard InChI is InChI=1S/C20H19Cl2N3O2S/c1-11-4-7-17-14(8-11)19(27)25(3)20(24-17)28-10-18(26)23-12(2)13-5-6-15(21)16(22)9-13/h4-9,12H,10H2,1-3H3,(H,23,26). The van der Waals surface area contributed by atoms with Crippen molar-refractivity contribution >= 4 is 51.8 Å². The fourth-order valence-corrected chi connectivity index (χ4v) is 3.86. The van der Waals surface area contributed by atoms with Crippen molar-refractivity contribution in [2.24, 2.45) is 7.05 Å². The van der Waals surface area contributed by atoms with E-state index < -0.39 is 0 Å². The number of hydrogen-bond donors (Lipinski definition) is 1. The van der Waals surface area contributed by atoms with Gasteiger partial charge in [0.1, 0.15) is 0 Å². The van der Waals surface area contributed by atoms with Crippen molar-refractivity contribution in [3.8, 4) is 0 Å². The van der Waals surface area contributed by atoms with E-state index in [-0.39, 0.29) is 23.3 Å². The van der Waals surface area contributed by atoms with Gasteiger partial charge in [0.05, 0.1) is 32.7 Å². The molecule has 0 radical (unpaired) electrons. The van der Waals surface area contributed by atoms with Crippen molar-refractivity contribution in [3.05, 3.63) is 67.9 Å². The molecule has 3 rings (SSSR count). The highest BCUT2D eigenvalue weighted by atomic mass is 35.5. The summed E-state index contributed by atoms with van der Waals surface area (Å²) >= 11 is 13.2. The minimum atomic E-state index is -0.223. The van der Waals surface area contributed by atoms with Crippen LogP contribution in [-0.4, -0.2) is 21.2 Å². The molecule has 0 spiro atoms. The van der Waals surface area contributed by atoms with Crippen molar-refractivity contribution in [1.29, 1.82) is 0 Å². The fourth-order valence-electron chi connectivity index (χ4n) is 2.77. The Hall–Kier alpha value is -2.02. The molecule has 1 atom stereocenters. The first-order valence-corrected chi connectivity index (χ1v) is 10.3. The molecule has 0 fully saturated rings. The van der Waals surface area contributed by atoms with Crippen LogP contribution >= 0.6 is 35.0 Å². The van der Waals surface area contributed by atoms with Crippen molar-refractivity contribution in [3.63, 3.8) is 0 Å². The zero-order valence-electron chi connectivity index (χ0n) is 15.6. The van der Waals surface area contributed by atoms with Gasteiger partial charge < -0.3 is 5.32 Å². The number of rotatable bonds is 5. The number of aromatic nitrogens is 2. The lowest BCUT2D eigenvalue weighted by molar-refractivity contribution is -0.119. The number of nitrogens with one attached hydrogen (secondary N) is 1. The summed E-state index contributed by atoms with van der Waals surface area (Å²) < 4.78 is 1.47. The predicted octanol–water partition coefficient (Wildman–Crippen LogP) is 4.52. The minimum Gasteiger partial charge on any atom is -0.349 e. The monoisotopic (exact) mass is 435 g/mol. The highest BCUT2D eigenvalue weighted by Crippen LogP contribution is 2.25. The van der Waals surface area contributed by atoms with Gasteiger partial charge in [0.2, 0.25) is 5.91 Å². The number of nitrogens with zero attached hydrogens (tertiary/aromatic N) is 2. The summed E-state index contributed by atoms with van der Waals surface area (Å²) in [6.45, 7) is 3.80. The highest BCUT2D eigenvalue weighted by Gasteiger charge is 2.14. The first kappa shape index (κ1) is 20.7. The Morgan fingerprint density at radius 3 is 2.68 bits per heavy atom. The molecule has 0 saturated heterocycles. The van der Waals surface area contributed by atoms with E-state index in [4.69, 9.17) is 23.2 Å². The maximum atomic E-state index is 12.6. The van der Waals surface area contributed by atoms with Gasteiger partial charge in [-0.3, -0.25) is 14.2 Å². The predicted molar refractivity (Wildman–Crippen MR) is 115 cm³/mol. The molecule has 1 aromatic heterocycles. The number of aryl methyl sites for hydroxylation is 1. The van der Waals surface area contributed by atoms with Crippen LogP contribution < -0.4 is 10.9 Å². The average Bonchev–Trinajstić information content (AvgIpc) is 2.66. The SMILES string of the molecule is Cc1ccc2nc(SCC(=O)NC(C)c3ccc(Cl)c(Cl)c3)n(C)c(=O)c2c1. The smallest absolute Gasteiger partial charge is 0.261 e. The number of carbonyl (C=O) groups excluding carboxylic acids is 1. The largest absolute Gasteiger partial charge is 0.349 e. The van der Waals surface area contributed by atoms with Crippen LogP contribution in [0.2, 0.25) is 10.0 Å². The summed E-state index contributed by atoms with van der Waals surface area (Å²) in [4.78, 5) is 29.4. The third kappa shape index (κ3) is 4.51. The van der Waals surface area contributed by atoms with Gasteiger partial charge in [0.25, 0.3) is 5.56 Å². The molecule has 0 aliphatic heterocycles. The summed E-state index contributed by atoms with van der Waals surface area (Å²) in [5.41, 5.74) is 2.36. The molecule has 1 N–H and O–H groups in total. The number of fused-ring (bicyclic) bond motifs is 1. The second kappa shape index (κ2) is 8.55. The Bertz CT molecular complexity index is 1110. The molecule has 0 aliphatic rings. The maximum absolute atomic E-state index is 12.6. The number of hydrogen-bond acceptors (Lipinski definition) is 4. The number of benzene rings is 2. The number of amides is 1. The topological polar surface area (TPSA) is 64.0 Å². The van der Waals surface area contributed by atoms with E-state index in [9.17, 15) is 9.59 Å². The lowest BCUT2D eigenvalue weighted by Crippen LogP contribution is -2.28. The molecule has 28 heavy (non-hydrogen) atoms. The summed E-state index contributed by atoms with van der Waals surface area (Å²) in [5, 5.41) is 4.90. The van der Waals surface area contributed by atoms with Crippen LogP contribution in [0.3, 0.4) is 0 Å². The van der Waals surface area contributed by atoms with Crippen molar-refractivity contribution < 1.29 is 4.79 Å². The highest BCUT2D eigenvalue weighted by molar-refractivity contribution is 7.99. The Morgan fingerprint density at radius 1 is 1.21 bits per heavy atom. The third-order valence-corrected chi connectivity index (χ3v) is 6.11. The van der Waals surface area contributed by atoms with Crippen molar-refractivity contribution in [2.45, 2.75) is 25.0 Å². The van der Waals surface area contributed by atoms with Crippen LogP contribution in [0.4, 0.5) is 0 Å². The number of carbonyl (C=O) groups is 1. The van der Waals surface area contributed by atoms with Gasteiger partial charge in [-0.05, 0) is 43.7 Å². The van der Waals surface area contributed by atoms with Crippen LogP contribution in [0.5, 0.6) is 0 Å². The Morgan fingerprint density at radius 2 is 1.96 bits per heavy atom. The average molecular weight is 436 g/mol. The van der Waals surface area contributed by atoms with E-state index in [1.165, 1.54) is 16.3 Å². The van der Waals surface area contributed by atoms with E-state index in [1.807, 2.05) is 38.1 Å². The molecule has 0 bridgehead atoms. The van der Waals surface area contributed by atoms with Gasteiger partial charge in [-0.1, -0.05) is 52.7 Å². The van der Waals surface area contributed by atoms with Gasteiger partial charge >= 0.3 is 0 Å². The zero-order valence-corrected chi connectivity index (χ0v) is 18.0. The van der Waals surface area contributed by atoms with E-state index in [0.29, 0.717) is 26.1 Å². The molecule has 2 aromatic carbocycles. The fraction of sp³-hybridized carbons (Fsp3) is 0.250. The summed E-state index contributed by atoms with van der Waals surface area (Å²) in [7, 11) is 1.66. The Kier molecular flexibility index (Phi) is 6.33. The first-order chi connectivity index (χ1) is 13.3. The summed E-state index contributed by atoms with van der Waals surface area (Å²) in [5.74, 6) is -0.0228. The third-order valence-electron chi connectivity index (χ3n) is 4.34. The van der Waals surface area contributed by atoms with Gasteiger partial charge in [0.15, 0.2) is 5.16 Å². The molecule has 1 unspecified atom stereocenters. The molecular weight excluding hydrogens is 417 g/mol. The second-order valence-corrected chi connectivity index (χ2v) is 8.29.